The molecule has 2 rings (SSSR count). The molecule has 0 bridgehead atoms. The molecule has 21 heavy (non-hydrogen) atoms. The molecule has 0 aliphatic carbocycles. The van der Waals surface area contributed by atoms with Crippen LogP contribution in [0.15, 0.2) is 18.2 Å². The molecule has 0 spiro atoms. The molecule has 118 valence electrons. The number of benzene rings is 1. The number of aliphatic hydroxyl groups is 1. The molecule has 2 atom stereocenters. The Morgan fingerprint density at radius 3 is 2.81 bits per heavy atom. The van der Waals surface area contributed by atoms with Gasteiger partial charge in [0.1, 0.15) is 0 Å². The minimum atomic E-state index is -2.98. The van der Waals surface area contributed by atoms with E-state index in [2.05, 4.69) is 0 Å². The number of rotatable bonds is 4. The van der Waals surface area contributed by atoms with Crippen LogP contribution in [0.5, 0.6) is 0 Å². The van der Waals surface area contributed by atoms with Crippen LogP contribution in [0.3, 0.4) is 0 Å². The normalized spacial score (nSPS) is 23.9. The first-order valence-corrected chi connectivity index (χ1v) is 8.69. The maximum atomic E-state index is 13.6. The molecular formula is C14H19F2NO3S. The molecule has 1 heterocycles. The van der Waals surface area contributed by atoms with E-state index in [9.17, 15) is 22.3 Å². The molecular weight excluding hydrogens is 300 g/mol. The molecule has 0 radical (unpaired) electrons. The van der Waals surface area contributed by atoms with Crippen LogP contribution in [0.2, 0.25) is 0 Å². The molecule has 1 aromatic carbocycles. The minimum Gasteiger partial charge on any atom is -0.388 e. The lowest BCUT2D eigenvalue weighted by Crippen LogP contribution is -2.47. The van der Waals surface area contributed by atoms with Crippen LogP contribution in [0.4, 0.5) is 8.78 Å². The maximum Gasteiger partial charge on any atom is 0.164 e. The van der Waals surface area contributed by atoms with Crippen LogP contribution < -0.4 is 0 Å². The van der Waals surface area contributed by atoms with Crippen LogP contribution in [-0.2, 0) is 9.84 Å². The van der Waals surface area contributed by atoms with Crippen LogP contribution in [0, 0.1) is 11.6 Å². The minimum absolute atomic E-state index is 0.0627. The summed E-state index contributed by atoms with van der Waals surface area (Å²) in [4.78, 5) is 1.95. The average Bonchev–Trinajstić information content (AvgIpc) is 2.40. The van der Waals surface area contributed by atoms with Crippen LogP contribution >= 0.6 is 0 Å². The smallest absolute Gasteiger partial charge is 0.164 e. The summed E-state index contributed by atoms with van der Waals surface area (Å²) in [6.45, 7) is 2.65. The molecule has 2 unspecified atom stereocenters. The highest BCUT2D eigenvalue weighted by Gasteiger charge is 2.28. The van der Waals surface area contributed by atoms with Crippen molar-refractivity contribution >= 4 is 9.84 Å². The maximum absolute atomic E-state index is 13.6. The zero-order chi connectivity index (χ0) is 15.6. The van der Waals surface area contributed by atoms with Crippen molar-refractivity contribution < 1.29 is 22.3 Å². The number of hydrogen-bond acceptors (Lipinski definition) is 4. The van der Waals surface area contributed by atoms with E-state index < -0.39 is 27.6 Å². The first-order valence-electron chi connectivity index (χ1n) is 6.86. The first kappa shape index (κ1) is 16.3. The Morgan fingerprint density at radius 2 is 2.14 bits per heavy atom. The molecule has 7 heteroatoms. The predicted octanol–water partition coefficient (Wildman–Crippen LogP) is 1.51. The largest absolute Gasteiger partial charge is 0.388 e. The van der Waals surface area contributed by atoms with Gasteiger partial charge in [0, 0.05) is 24.7 Å². The van der Waals surface area contributed by atoms with Gasteiger partial charge in [0.05, 0.1) is 17.6 Å². The van der Waals surface area contributed by atoms with Crippen LogP contribution in [0.1, 0.15) is 25.0 Å². The van der Waals surface area contributed by atoms with Crippen LogP contribution in [-0.4, -0.2) is 49.1 Å². The third-order valence-electron chi connectivity index (χ3n) is 3.84. The summed E-state index contributed by atoms with van der Waals surface area (Å²) in [6, 6.07) is 3.58. The van der Waals surface area contributed by atoms with E-state index in [1.54, 1.807) is 0 Å². The fourth-order valence-corrected chi connectivity index (χ4v) is 4.21. The van der Waals surface area contributed by atoms with Gasteiger partial charge in [-0.2, -0.15) is 0 Å². The van der Waals surface area contributed by atoms with Gasteiger partial charge >= 0.3 is 0 Å². The van der Waals surface area contributed by atoms with E-state index in [1.165, 1.54) is 12.1 Å². The predicted molar refractivity (Wildman–Crippen MR) is 75.6 cm³/mol. The van der Waals surface area contributed by atoms with E-state index >= 15 is 0 Å². The number of nitrogens with zero attached hydrogens (tertiary/aromatic N) is 1. The summed E-state index contributed by atoms with van der Waals surface area (Å²) in [5.41, 5.74) is -0.0627. The molecule has 0 amide bonds. The van der Waals surface area contributed by atoms with Gasteiger partial charge in [-0.15, -0.1) is 0 Å². The summed E-state index contributed by atoms with van der Waals surface area (Å²) in [5, 5.41) is 9.99. The van der Waals surface area contributed by atoms with Gasteiger partial charge in [-0.05, 0) is 19.4 Å². The molecule has 1 aromatic rings. The fourth-order valence-electron chi connectivity index (χ4n) is 2.59. The third kappa shape index (κ3) is 3.99. The van der Waals surface area contributed by atoms with E-state index in [0.29, 0.717) is 13.1 Å². The highest BCUT2D eigenvalue weighted by atomic mass is 32.2. The van der Waals surface area contributed by atoms with Crippen molar-refractivity contribution in [1.82, 2.24) is 4.90 Å². The molecule has 4 nitrogen and oxygen atoms in total. The quantitative estimate of drug-likeness (QED) is 0.914. The van der Waals surface area contributed by atoms with Crippen molar-refractivity contribution in [3.8, 4) is 0 Å². The van der Waals surface area contributed by atoms with E-state index in [0.717, 1.165) is 6.07 Å². The molecule has 1 saturated heterocycles. The summed E-state index contributed by atoms with van der Waals surface area (Å²) >= 11 is 0. The van der Waals surface area contributed by atoms with E-state index in [4.69, 9.17) is 0 Å². The lowest BCUT2D eigenvalue weighted by molar-refractivity contribution is 0.128. The SMILES string of the molecule is CC1CS(=O)(=O)CCN1CCC(O)c1cccc(F)c1F. The monoisotopic (exact) mass is 319 g/mol. The second kappa shape index (κ2) is 6.37. The van der Waals surface area contributed by atoms with Gasteiger partial charge < -0.3 is 5.11 Å². The lowest BCUT2D eigenvalue weighted by atomic mass is 10.1. The van der Waals surface area contributed by atoms with Crippen molar-refractivity contribution in [2.75, 3.05) is 24.6 Å². The van der Waals surface area contributed by atoms with Crippen molar-refractivity contribution in [2.45, 2.75) is 25.5 Å². The zero-order valence-electron chi connectivity index (χ0n) is 11.8. The topological polar surface area (TPSA) is 57.6 Å². The van der Waals surface area contributed by atoms with E-state index in [-0.39, 0.29) is 29.5 Å². The Labute approximate surface area is 123 Å². The molecule has 1 aliphatic rings. The van der Waals surface area contributed by atoms with Gasteiger partial charge in [-0.1, -0.05) is 12.1 Å². The van der Waals surface area contributed by atoms with Gasteiger partial charge in [-0.25, -0.2) is 17.2 Å². The van der Waals surface area contributed by atoms with Gasteiger partial charge in [-0.3, -0.25) is 4.90 Å². The molecule has 0 aromatic heterocycles. The molecule has 1 fully saturated rings. The Kier molecular flexibility index (Phi) is 4.95. The van der Waals surface area contributed by atoms with Gasteiger partial charge in [0.15, 0.2) is 21.5 Å². The van der Waals surface area contributed by atoms with Crippen molar-refractivity contribution in [2.24, 2.45) is 0 Å². The third-order valence-corrected chi connectivity index (χ3v) is 5.63. The Bertz CT molecular complexity index is 606. The van der Waals surface area contributed by atoms with Gasteiger partial charge in [0.2, 0.25) is 0 Å². The number of sulfone groups is 1. The Balaban J connectivity index is 1.95. The van der Waals surface area contributed by atoms with Gasteiger partial charge in [0.25, 0.3) is 0 Å². The first-order chi connectivity index (χ1) is 9.80. The average molecular weight is 319 g/mol. The Hall–Kier alpha value is -1.05. The van der Waals surface area contributed by atoms with Crippen molar-refractivity contribution in [3.05, 3.63) is 35.4 Å². The summed E-state index contributed by atoms with van der Waals surface area (Å²) in [6.07, 6.45) is -0.878. The fraction of sp³-hybridized carbons (Fsp3) is 0.571. The number of halogens is 2. The van der Waals surface area contributed by atoms with E-state index in [1.807, 2.05) is 11.8 Å². The summed E-state index contributed by atoms with van der Waals surface area (Å²) in [5.74, 6) is -1.82. The van der Waals surface area contributed by atoms with Crippen LogP contribution in [0.25, 0.3) is 0 Å². The molecule has 0 saturated carbocycles. The number of aliphatic hydroxyl groups excluding tert-OH is 1. The Morgan fingerprint density at radius 1 is 1.43 bits per heavy atom. The molecule has 1 N–H and O–H groups in total. The van der Waals surface area contributed by atoms with Crippen molar-refractivity contribution in [3.63, 3.8) is 0 Å². The standard InChI is InChI=1S/C14H19F2NO3S/c1-10-9-21(19,20)8-7-17(10)6-5-13(18)11-3-2-4-12(15)14(11)16/h2-4,10,13,18H,5-9H2,1H3. The lowest BCUT2D eigenvalue weighted by Gasteiger charge is -2.33. The summed E-state index contributed by atoms with van der Waals surface area (Å²) < 4.78 is 49.6. The second-order valence-corrected chi connectivity index (χ2v) is 7.68. The second-order valence-electron chi connectivity index (χ2n) is 5.45. The highest BCUT2D eigenvalue weighted by molar-refractivity contribution is 7.91. The summed E-state index contributed by atoms with van der Waals surface area (Å²) in [7, 11) is -2.98. The molecule has 1 aliphatic heterocycles. The highest BCUT2D eigenvalue weighted by Crippen LogP contribution is 2.23. The zero-order valence-corrected chi connectivity index (χ0v) is 12.6. The van der Waals surface area contributed by atoms with Crippen molar-refractivity contribution in [1.29, 1.82) is 0 Å². The number of hydrogen-bond donors (Lipinski definition) is 1.